The van der Waals surface area contributed by atoms with Crippen molar-refractivity contribution >= 4 is 18.2 Å². The lowest BCUT2D eigenvalue weighted by Crippen LogP contribution is -2.32. The van der Waals surface area contributed by atoms with E-state index in [1.165, 1.54) is 16.7 Å². The van der Waals surface area contributed by atoms with E-state index in [4.69, 9.17) is 0 Å². The molecule has 108 valence electrons. The van der Waals surface area contributed by atoms with Gasteiger partial charge in [0.15, 0.2) is 5.78 Å². The SMILES string of the molecule is Cl.O=C1CC(NC2Cc3ccccc3C2)c2ccccc21. The Balaban J connectivity index is 0.00000132. The minimum atomic E-state index is 0. The molecule has 2 nitrogen and oxygen atoms in total. The average molecular weight is 300 g/mol. The summed E-state index contributed by atoms with van der Waals surface area (Å²) in [5.74, 6) is 0.272. The van der Waals surface area contributed by atoms with Gasteiger partial charge in [0.05, 0.1) is 0 Å². The number of nitrogens with one attached hydrogen (secondary N) is 1. The van der Waals surface area contributed by atoms with E-state index >= 15 is 0 Å². The predicted molar refractivity (Wildman–Crippen MR) is 86.2 cm³/mol. The highest BCUT2D eigenvalue weighted by molar-refractivity contribution is 6.01. The van der Waals surface area contributed by atoms with Crippen LogP contribution in [0.25, 0.3) is 0 Å². The first-order valence-electron chi connectivity index (χ1n) is 7.26. The number of Topliss-reactive ketones (excluding diaryl/α,β-unsaturated/α-hetero) is 1. The van der Waals surface area contributed by atoms with Gasteiger partial charge in [-0.3, -0.25) is 4.79 Å². The average Bonchev–Trinajstić information content (AvgIpc) is 3.01. The zero-order valence-corrected chi connectivity index (χ0v) is 12.5. The molecule has 0 fully saturated rings. The van der Waals surface area contributed by atoms with Crippen molar-refractivity contribution in [1.29, 1.82) is 0 Å². The summed E-state index contributed by atoms with van der Waals surface area (Å²) in [5, 5.41) is 3.69. The van der Waals surface area contributed by atoms with Crippen LogP contribution in [0, 0.1) is 0 Å². The molecule has 0 saturated carbocycles. The molecule has 0 saturated heterocycles. The lowest BCUT2D eigenvalue weighted by Gasteiger charge is -2.19. The van der Waals surface area contributed by atoms with Crippen LogP contribution in [0.2, 0.25) is 0 Å². The van der Waals surface area contributed by atoms with Crippen molar-refractivity contribution in [3.8, 4) is 0 Å². The molecule has 0 heterocycles. The quantitative estimate of drug-likeness (QED) is 0.919. The van der Waals surface area contributed by atoms with Crippen molar-refractivity contribution in [1.82, 2.24) is 5.32 Å². The van der Waals surface area contributed by atoms with Crippen LogP contribution in [-0.4, -0.2) is 11.8 Å². The Hall–Kier alpha value is -1.64. The van der Waals surface area contributed by atoms with Gasteiger partial charge in [0.25, 0.3) is 0 Å². The van der Waals surface area contributed by atoms with Crippen molar-refractivity contribution in [3.05, 3.63) is 70.8 Å². The molecule has 1 N–H and O–H groups in total. The maximum atomic E-state index is 12.0. The highest BCUT2D eigenvalue weighted by Crippen LogP contribution is 2.32. The fraction of sp³-hybridized carbons (Fsp3) is 0.278. The molecular weight excluding hydrogens is 282 g/mol. The summed E-state index contributed by atoms with van der Waals surface area (Å²) >= 11 is 0. The second-order valence-corrected chi connectivity index (χ2v) is 5.81. The summed E-state index contributed by atoms with van der Waals surface area (Å²) in [6, 6.07) is 17.3. The molecule has 0 amide bonds. The van der Waals surface area contributed by atoms with Crippen LogP contribution in [0.5, 0.6) is 0 Å². The lowest BCUT2D eigenvalue weighted by atomic mass is 10.1. The van der Waals surface area contributed by atoms with Crippen molar-refractivity contribution in [3.63, 3.8) is 0 Å². The number of carbonyl (C=O) groups is 1. The third-order valence-corrected chi connectivity index (χ3v) is 4.51. The van der Waals surface area contributed by atoms with Gasteiger partial charge in [0.1, 0.15) is 0 Å². The van der Waals surface area contributed by atoms with Crippen LogP contribution in [-0.2, 0) is 12.8 Å². The molecule has 2 aliphatic rings. The maximum absolute atomic E-state index is 12.0. The fourth-order valence-electron chi connectivity index (χ4n) is 3.57. The van der Waals surface area contributed by atoms with E-state index in [9.17, 15) is 4.79 Å². The number of hydrogen-bond acceptors (Lipinski definition) is 2. The smallest absolute Gasteiger partial charge is 0.165 e. The number of ketones is 1. The third kappa shape index (κ3) is 2.50. The largest absolute Gasteiger partial charge is 0.306 e. The predicted octanol–water partition coefficient (Wildman–Crippen LogP) is 3.49. The van der Waals surface area contributed by atoms with Gasteiger partial charge in [-0.1, -0.05) is 48.5 Å². The summed E-state index contributed by atoms with van der Waals surface area (Å²) < 4.78 is 0. The minimum Gasteiger partial charge on any atom is -0.306 e. The molecule has 0 aromatic heterocycles. The monoisotopic (exact) mass is 299 g/mol. The summed E-state index contributed by atoms with van der Waals surface area (Å²) in [6.07, 6.45) is 2.75. The van der Waals surface area contributed by atoms with Crippen molar-refractivity contribution < 1.29 is 4.79 Å². The van der Waals surface area contributed by atoms with Gasteiger partial charge in [-0.25, -0.2) is 0 Å². The normalized spacial score (nSPS) is 20.0. The van der Waals surface area contributed by atoms with Gasteiger partial charge in [-0.15, -0.1) is 12.4 Å². The Morgan fingerprint density at radius 1 is 0.857 bits per heavy atom. The first-order valence-corrected chi connectivity index (χ1v) is 7.26. The lowest BCUT2D eigenvalue weighted by molar-refractivity contribution is 0.0984. The molecule has 1 atom stereocenters. The zero-order valence-electron chi connectivity index (χ0n) is 11.7. The summed E-state index contributed by atoms with van der Waals surface area (Å²) in [6.45, 7) is 0. The number of halogens is 1. The molecular formula is C18H18ClNO. The van der Waals surface area contributed by atoms with Gasteiger partial charge >= 0.3 is 0 Å². The van der Waals surface area contributed by atoms with Crippen molar-refractivity contribution in [2.75, 3.05) is 0 Å². The minimum absolute atomic E-state index is 0. The summed E-state index contributed by atoms with van der Waals surface area (Å²) in [7, 11) is 0. The molecule has 1 unspecified atom stereocenters. The number of benzene rings is 2. The molecule has 21 heavy (non-hydrogen) atoms. The van der Waals surface area contributed by atoms with E-state index in [1.807, 2.05) is 18.2 Å². The van der Waals surface area contributed by atoms with E-state index in [0.717, 1.165) is 18.4 Å². The number of hydrogen-bond donors (Lipinski definition) is 1. The van der Waals surface area contributed by atoms with Crippen molar-refractivity contribution in [2.45, 2.75) is 31.3 Å². The Labute approximate surface area is 131 Å². The van der Waals surface area contributed by atoms with Gasteiger partial charge in [0, 0.05) is 24.1 Å². The Bertz CT molecular complexity index is 657. The van der Waals surface area contributed by atoms with E-state index < -0.39 is 0 Å². The molecule has 2 aromatic rings. The highest BCUT2D eigenvalue weighted by atomic mass is 35.5. The van der Waals surface area contributed by atoms with E-state index in [-0.39, 0.29) is 24.2 Å². The van der Waals surface area contributed by atoms with E-state index in [1.54, 1.807) is 0 Å². The van der Waals surface area contributed by atoms with Crippen LogP contribution in [0.15, 0.2) is 48.5 Å². The van der Waals surface area contributed by atoms with Gasteiger partial charge in [-0.2, -0.15) is 0 Å². The number of rotatable bonds is 2. The van der Waals surface area contributed by atoms with Crippen LogP contribution >= 0.6 is 12.4 Å². The second-order valence-electron chi connectivity index (χ2n) is 5.81. The summed E-state index contributed by atoms with van der Waals surface area (Å²) in [4.78, 5) is 12.0. The molecule has 4 rings (SSSR count). The fourth-order valence-corrected chi connectivity index (χ4v) is 3.57. The van der Waals surface area contributed by atoms with Crippen LogP contribution in [0.3, 0.4) is 0 Å². The third-order valence-electron chi connectivity index (χ3n) is 4.51. The van der Waals surface area contributed by atoms with Gasteiger partial charge < -0.3 is 5.32 Å². The topological polar surface area (TPSA) is 29.1 Å². The Morgan fingerprint density at radius 2 is 1.48 bits per heavy atom. The molecule has 0 bridgehead atoms. The zero-order chi connectivity index (χ0) is 13.5. The van der Waals surface area contributed by atoms with E-state index in [0.29, 0.717) is 12.5 Å². The van der Waals surface area contributed by atoms with Crippen LogP contribution in [0.1, 0.15) is 39.5 Å². The van der Waals surface area contributed by atoms with Crippen LogP contribution in [0.4, 0.5) is 0 Å². The molecule has 0 aliphatic heterocycles. The van der Waals surface area contributed by atoms with E-state index in [2.05, 4.69) is 35.6 Å². The molecule has 2 aromatic carbocycles. The highest BCUT2D eigenvalue weighted by Gasteiger charge is 2.31. The first kappa shape index (κ1) is 14.3. The second kappa shape index (κ2) is 5.63. The van der Waals surface area contributed by atoms with Crippen molar-refractivity contribution in [2.24, 2.45) is 0 Å². The molecule has 3 heteroatoms. The van der Waals surface area contributed by atoms with Gasteiger partial charge in [0.2, 0.25) is 0 Å². The first-order chi connectivity index (χ1) is 9.81. The van der Waals surface area contributed by atoms with Gasteiger partial charge in [-0.05, 0) is 29.5 Å². The maximum Gasteiger partial charge on any atom is 0.165 e. The number of fused-ring (bicyclic) bond motifs is 2. The molecule has 0 radical (unpaired) electrons. The number of carbonyl (C=O) groups excluding carboxylic acids is 1. The molecule has 0 spiro atoms. The standard InChI is InChI=1S/C18H17NO.ClH/c20-18-11-17(15-7-3-4-8-16(15)18)19-14-9-12-5-1-2-6-13(12)10-14;/h1-8,14,17,19H,9-11H2;1H. The summed E-state index contributed by atoms with van der Waals surface area (Å²) in [5.41, 5.74) is 4.97. The Kier molecular flexibility index (Phi) is 3.83. The Morgan fingerprint density at radius 3 is 2.19 bits per heavy atom. The van der Waals surface area contributed by atoms with Crippen LogP contribution < -0.4 is 5.32 Å². The molecule has 2 aliphatic carbocycles.